The van der Waals surface area contributed by atoms with Gasteiger partial charge in [0.15, 0.2) is 0 Å². The molecule has 7 heteroatoms. The Morgan fingerprint density at radius 1 is 1.33 bits per heavy atom. The number of nitrogens with one attached hydrogen (secondary N) is 1. The van der Waals surface area contributed by atoms with E-state index in [0.29, 0.717) is 11.4 Å². The summed E-state index contributed by atoms with van der Waals surface area (Å²) in [5.74, 6) is -0.0464. The fraction of sp³-hybridized carbons (Fsp3) is 0.294. The van der Waals surface area contributed by atoms with Crippen LogP contribution in [-0.2, 0) is 0 Å². The smallest absolute Gasteiger partial charge is 0.263 e. The van der Waals surface area contributed by atoms with Gasteiger partial charge in [-0.1, -0.05) is 6.07 Å². The van der Waals surface area contributed by atoms with Crippen molar-refractivity contribution < 1.29 is 4.79 Å². The van der Waals surface area contributed by atoms with Crippen molar-refractivity contribution >= 4 is 39.9 Å². The van der Waals surface area contributed by atoms with E-state index in [1.165, 1.54) is 16.2 Å². The molecule has 0 aromatic carbocycles. The molecule has 0 spiro atoms. The molecule has 24 heavy (non-hydrogen) atoms. The summed E-state index contributed by atoms with van der Waals surface area (Å²) in [6.45, 7) is 2.47. The molecular weight excluding hydrogens is 358 g/mol. The summed E-state index contributed by atoms with van der Waals surface area (Å²) in [4.78, 5) is 21.2. The maximum absolute atomic E-state index is 12.6. The number of carbonyl (C=O) groups excluding carboxylic acids is 1. The summed E-state index contributed by atoms with van der Waals surface area (Å²) in [6, 6.07) is 6.36. The Kier molecular flexibility index (Phi) is 5.45. The lowest BCUT2D eigenvalue weighted by atomic mass is 10.2. The molecule has 4 nitrogen and oxygen atoms in total. The first-order valence-corrected chi connectivity index (χ1v) is 10.2. The first-order valence-electron chi connectivity index (χ1n) is 7.54. The standard InChI is InChI=1S/C17H19N3OS3/c1-11-15(24-17(19-11)12-6-8-22-10-12)16(21)18-9-13(20(2)3)14-5-4-7-23-14/h4-8,10,13H,9H2,1-3H3,(H,18,21). The van der Waals surface area contributed by atoms with Gasteiger partial charge in [-0.15, -0.1) is 22.7 Å². The molecule has 3 aromatic rings. The number of amides is 1. The topological polar surface area (TPSA) is 45.2 Å². The molecule has 0 aliphatic heterocycles. The van der Waals surface area contributed by atoms with E-state index in [-0.39, 0.29) is 11.9 Å². The first kappa shape index (κ1) is 17.3. The lowest BCUT2D eigenvalue weighted by Gasteiger charge is -2.23. The van der Waals surface area contributed by atoms with Crippen molar-refractivity contribution in [3.05, 3.63) is 49.8 Å². The van der Waals surface area contributed by atoms with Crippen LogP contribution in [0.4, 0.5) is 0 Å². The van der Waals surface area contributed by atoms with Crippen LogP contribution in [0.1, 0.15) is 26.3 Å². The molecule has 0 saturated carbocycles. The van der Waals surface area contributed by atoms with E-state index >= 15 is 0 Å². The monoisotopic (exact) mass is 377 g/mol. The highest BCUT2D eigenvalue weighted by Gasteiger charge is 2.20. The van der Waals surface area contributed by atoms with Crippen molar-refractivity contribution in [2.45, 2.75) is 13.0 Å². The average molecular weight is 378 g/mol. The van der Waals surface area contributed by atoms with E-state index in [0.717, 1.165) is 16.3 Å². The predicted molar refractivity (Wildman–Crippen MR) is 103 cm³/mol. The molecule has 1 atom stereocenters. The second-order valence-corrected chi connectivity index (χ2v) is 8.41. The molecule has 0 radical (unpaired) electrons. The van der Waals surface area contributed by atoms with Crippen LogP contribution in [0.15, 0.2) is 34.3 Å². The predicted octanol–water partition coefficient (Wildman–Crippen LogP) is 4.27. The second kappa shape index (κ2) is 7.57. The van der Waals surface area contributed by atoms with Crippen LogP contribution in [0.25, 0.3) is 10.6 Å². The Morgan fingerprint density at radius 2 is 2.17 bits per heavy atom. The SMILES string of the molecule is Cc1nc(-c2ccsc2)sc1C(=O)NCC(c1cccs1)N(C)C. The van der Waals surface area contributed by atoms with Crippen LogP contribution in [0.3, 0.4) is 0 Å². The number of thiazole rings is 1. The number of hydrogen-bond acceptors (Lipinski definition) is 6. The fourth-order valence-electron chi connectivity index (χ4n) is 2.40. The molecular formula is C17H19N3OS3. The lowest BCUT2D eigenvalue weighted by molar-refractivity contribution is 0.0945. The Hall–Kier alpha value is -1.54. The van der Waals surface area contributed by atoms with E-state index in [4.69, 9.17) is 0 Å². The van der Waals surface area contributed by atoms with E-state index in [1.54, 1.807) is 22.7 Å². The molecule has 0 aliphatic carbocycles. The van der Waals surface area contributed by atoms with Crippen molar-refractivity contribution in [2.24, 2.45) is 0 Å². The molecule has 3 aromatic heterocycles. The van der Waals surface area contributed by atoms with E-state index < -0.39 is 0 Å². The molecule has 1 unspecified atom stereocenters. The first-order chi connectivity index (χ1) is 11.6. The average Bonchev–Trinajstić information content (AvgIpc) is 3.28. The number of rotatable bonds is 6. The summed E-state index contributed by atoms with van der Waals surface area (Å²) in [5, 5.41) is 10.1. The third-order valence-corrected chi connectivity index (χ3v) is 6.58. The van der Waals surface area contributed by atoms with Crippen molar-refractivity contribution in [3.8, 4) is 10.6 Å². The molecule has 0 saturated heterocycles. The third kappa shape index (κ3) is 3.75. The quantitative estimate of drug-likeness (QED) is 0.697. The van der Waals surface area contributed by atoms with Gasteiger partial charge in [0.05, 0.1) is 11.7 Å². The van der Waals surface area contributed by atoms with E-state index in [2.05, 4.69) is 32.0 Å². The van der Waals surface area contributed by atoms with Crippen molar-refractivity contribution in [1.29, 1.82) is 0 Å². The highest BCUT2D eigenvalue weighted by molar-refractivity contribution is 7.17. The molecule has 1 N–H and O–H groups in total. The minimum absolute atomic E-state index is 0.0464. The molecule has 3 rings (SSSR count). The lowest BCUT2D eigenvalue weighted by Crippen LogP contribution is -2.34. The van der Waals surface area contributed by atoms with Gasteiger partial charge in [-0.25, -0.2) is 4.98 Å². The van der Waals surface area contributed by atoms with Crippen molar-refractivity contribution in [1.82, 2.24) is 15.2 Å². The van der Waals surface area contributed by atoms with Crippen LogP contribution in [-0.4, -0.2) is 36.4 Å². The van der Waals surface area contributed by atoms with Gasteiger partial charge < -0.3 is 10.2 Å². The number of thiophene rings is 2. The van der Waals surface area contributed by atoms with Crippen LogP contribution in [0.2, 0.25) is 0 Å². The van der Waals surface area contributed by atoms with Gasteiger partial charge >= 0.3 is 0 Å². The largest absolute Gasteiger partial charge is 0.349 e. The van der Waals surface area contributed by atoms with Gasteiger partial charge in [0.1, 0.15) is 9.88 Å². The van der Waals surface area contributed by atoms with Crippen molar-refractivity contribution in [2.75, 3.05) is 20.6 Å². The zero-order valence-electron chi connectivity index (χ0n) is 13.8. The van der Waals surface area contributed by atoms with Gasteiger partial charge in [-0.05, 0) is 43.9 Å². The highest BCUT2D eigenvalue weighted by atomic mass is 32.1. The van der Waals surface area contributed by atoms with Crippen LogP contribution in [0.5, 0.6) is 0 Å². The molecule has 1 amide bonds. The number of hydrogen-bond donors (Lipinski definition) is 1. The van der Waals surface area contributed by atoms with Gasteiger partial charge in [-0.3, -0.25) is 4.79 Å². The Morgan fingerprint density at radius 3 is 2.79 bits per heavy atom. The normalized spacial score (nSPS) is 12.5. The van der Waals surface area contributed by atoms with Gasteiger partial charge in [0.25, 0.3) is 5.91 Å². The van der Waals surface area contributed by atoms with E-state index in [9.17, 15) is 4.79 Å². The van der Waals surface area contributed by atoms with E-state index in [1.807, 2.05) is 38.5 Å². The zero-order valence-corrected chi connectivity index (χ0v) is 16.2. The van der Waals surface area contributed by atoms with Gasteiger partial charge in [0.2, 0.25) is 0 Å². The van der Waals surface area contributed by atoms with Crippen molar-refractivity contribution in [3.63, 3.8) is 0 Å². The Labute approximate surface area is 153 Å². The zero-order chi connectivity index (χ0) is 17.1. The molecule has 0 aliphatic rings. The van der Waals surface area contributed by atoms with Crippen LogP contribution in [0, 0.1) is 6.92 Å². The minimum atomic E-state index is -0.0464. The summed E-state index contributed by atoms with van der Waals surface area (Å²) in [6.07, 6.45) is 0. The summed E-state index contributed by atoms with van der Waals surface area (Å²) < 4.78 is 0. The number of carbonyl (C=O) groups is 1. The maximum atomic E-state index is 12.6. The summed E-state index contributed by atoms with van der Waals surface area (Å²) in [5.41, 5.74) is 1.87. The number of nitrogens with zero attached hydrogens (tertiary/aromatic N) is 2. The number of aryl methyl sites for hydroxylation is 1. The molecule has 3 heterocycles. The Bertz CT molecular complexity index is 791. The fourth-order valence-corrected chi connectivity index (χ4v) is 5.02. The van der Waals surface area contributed by atoms with Crippen LogP contribution >= 0.6 is 34.0 Å². The minimum Gasteiger partial charge on any atom is -0.349 e. The van der Waals surface area contributed by atoms with Gasteiger partial charge in [-0.2, -0.15) is 11.3 Å². The Balaban J connectivity index is 1.71. The van der Waals surface area contributed by atoms with Gasteiger partial charge in [0, 0.05) is 22.4 Å². The highest BCUT2D eigenvalue weighted by Crippen LogP contribution is 2.29. The second-order valence-electron chi connectivity index (χ2n) is 5.65. The maximum Gasteiger partial charge on any atom is 0.263 e. The number of aromatic nitrogens is 1. The molecule has 0 fully saturated rings. The summed E-state index contributed by atoms with van der Waals surface area (Å²) in [7, 11) is 4.06. The third-order valence-electron chi connectivity index (χ3n) is 3.72. The van der Waals surface area contributed by atoms with Crippen LogP contribution < -0.4 is 5.32 Å². The summed E-state index contributed by atoms with van der Waals surface area (Å²) >= 11 is 4.80. The molecule has 0 bridgehead atoms. The number of likely N-dealkylation sites (N-methyl/N-ethyl adjacent to an activating group) is 1. The molecule has 126 valence electrons.